The van der Waals surface area contributed by atoms with Gasteiger partial charge in [-0.3, -0.25) is 0 Å². The highest BCUT2D eigenvalue weighted by atomic mass is 35.5. The van der Waals surface area contributed by atoms with E-state index in [0.29, 0.717) is 49.0 Å². The molecule has 0 fully saturated rings. The van der Waals surface area contributed by atoms with Gasteiger partial charge in [0.2, 0.25) is 0 Å². The Morgan fingerprint density at radius 1 is 0.871 bits per heavy atom. The fourth-order valence-electron chi connectivity index (χ4n) is 3.30. The zero-order valence-corrected chi connectivity index (χ0v) is 18.4. The Morgan fingerprint density at radius 2 is 1.55 bits per heavy atom. The molecule has 0 atom stereocenters. The number of aromatic nitrogens is 1. The maximum atomic E-state index is 7.98. The van der Waals surface area contributed by atoms with Crippen molar-refractivity contribution in [3.8, 4) is 22.4 Å². The van der Waals surface area contributed by atoms with Gasteiger partial charge in [0.05, 0.1) is 22.0 Å². The Labute approximate surface area is 195 Å². The van der Waals surface area contributed by atoms with Gasteiger partial charge in [0.15, 0.2) is 0 Å². The number of anilines is 3. The minimum Gasteiger partial charge on any atom is -0.398 e. The molecule has 4 nitrogen and oxygen atoms in total. The second-order valence-corrected chi connectivity index (χ2v) is 8.06. The topological polar surface area (TPSA) is 74.8 Å². The lowest BCUT2D eigenvalue weighted by atomic mass is 9.95. The molecule has 3 aromatic carbocycles. The van der Waals surface area contributed by atoms with Crippen LogP contribution in [0.25, 0.3) is 22.4 Å². The van der Waals surface area contributed by atoms with Crippen molar-refractivity contribution in [3.05, 3.63) is 93.4 Å². The summed E-state index contributed by atoms with van der Waals surface area (Å²) in [5, 5.41) is 12.8. The van der Waals surface area contributed by atoms with E-state index >= 15 is 0 Å². The van der Waals surface area contributed by atoms with Crippen molar-refractivity contribution in [1.29, 1.82) is 5.41 Å². The lowest BCUT2D eigenvalue weighted by Gasteiger charge is -2.19. The first kappa shape index (κ1) is 21.2. The summed E-state index contributed by atoms with van der Waals surface area (Å²) < 4.78 is 0. The molecule has 4 aromatic rings. The number of nitrogens with two attached hydrogens (primary N) is 1. The molecular weight excluding hydrogens is 451 g/mol. The van der Waals surface area contributed by atoms with Crippen LogP contribution in [0.15, 0.2) is 72.8 Å². The van der Waals surface area contributed by atoms with Gasteiger partial charge in [-0.1, -0.05) is 65.1 Å². The SMILES string of the molecule is N=Cc1c(Nc2ccccc2)nc(-c2ccc(Cl)cc2Cl)c(-c2ccc(Cl)cc2)c1N. The first-order chi connectivity index (χ1) is 15.0. The largest absolute Gasteiger partial charge is 0.398 e. The van der Waals surface area contributed by atoms with Crippen LogP contribution in [0.5, 0.6) is 0 Å². The molecule has 154 valence electrons. The molecule has 0 saturated heterocycles. The molecule has 0 saturated carbocycles. The standard InChI is InChI=1S/C24H17Cl3N4/c25-15-8-6-14(7-9-15)21-22(29)19(13-28)24(30-17-4-2-1-3-5-17)31-23(21)18-11-10-16(26)12-20(18)27/h1-13,28H,(H3,29,30,31). The first-order valence-electron chi connectivity index (χ1n) is 9.35. The van der Waals surface area contributed by atoms with Gasteiger partial charge < -0.3 is 16.5 Å². The van der Waals surface area contributed by atoms with E-state index in [2.05, 4.69) is 5.32 Å². The smallest absolute Gasteiger partial charge is 0.142 e. The Kier molecular flexibility index (Phi) is 6.14. The number of halogens is 3. The lowest BCUT2D eigenvalue weighted by molar-refractivity contribution is 1.30. The summed E-state index contributed by atoms with van der Waals surface area (Å²) in [5.41, 5.74) is 11.0. The number of nitrogens with zero attached hydrogens (tertiary/aromatic N) is 1. The van der Waals surface area contributed by atoms with Crippen LogP contribution in [0.1, 0.15) is 5.56 Å². The predicted molar refractivity (Wildman–Crippen MR) is 132 cm³/mol. The van der Waals surface area contributed by atoms with E-state index in [4.69, 9.17) is 50.9 Å². The zero-order chi connectivity index (χ0) is 22.0. The van der Waals surface area contributed by atoms with Gasteiger partial charge in [-0.25, -0.2) is 4.98 Å². The molecule has 0 spiro atoms. The average Bonchev–Trinajstić information content (AvgIpc) is 2.75. The quantitative estimate of drug-likeness (QED) is 0.263. The van der Waals surface area contributed by atoms with Gasteiger partial charge in [-0.2, -0.15) is 0 Å². The summed E-state index contributed by atoms with van der Waals surface area (Å²) in [5.74, 6) is 0.456. The minimum absolute atomic E-state index is 0.409. The van der Waals surface area contributed by atoms with E-state index in [1.54, 1.807) is 24.3 Å². The van der Waals surface area contributed by atoms with Crippen LogP contribution in [-0.2, 0) is 0 Å². The third-order valence-corrected chi connectivity index (χ3v) is 5.57. The van der Waals surface area contributed by atoms with Crippen molar-refractivity contribution in [2.24, 2.45) is 0 Å². The monoisotopic (exact) mass is 466 g/mol. The van der Waals surface area contributed by atoms with Crippen LogP contribution in [0.4, 0.5) is 17.2 Å². The summed E-state index contributed by atoms with van der Waals surface area (Å²) in [7, 11) is 0. The number of benzene rings is 3. The van der Waals surface area contributed by atoms with Crippen molar-refractivity contribution in [2.45, 2.75) is 0 Å². The van der Waals surface area contributed by atoms with Crippen LogP contribution in [0.3, 0.4) is 0 Å². The molecule has 0 unspecified atom stereocenters. The molecule has 7 heteroatoms. The van der Waals surface area contributed by atoms with Gasteiger partial charge in [0.1, 0.15) is 5.82 Å². The van der Waals surface area contributed by atoms with E-state index < -0.39 is 0 Å². The predicted octanol–water partition coefficient (Wildman–Crippen LogP) is 7.70. The molecule has 4 N–H and O–H groups in total. The molecule has 0 aliphatic heterocycles. The van der Waals surface area contributed by atoms with Gasteiger partial charge in [-0.05, 0) is 48.0 Å². The van der Waals surface area contributed by atoms with Crippen molar-refractivity contribution in [2.75, 3.05) is 11.1 Å². The van der Waals surface area contributed by atoms with Crippen LogP contribution in [0.2, 0.25) is 15.1 Å². The van der Waals surface area contributed by atoms with E-state index in [9.17, 15) is 0 Å². The van der Waals surface area contributed by atoms with Crippen molar-refractivity contribution in [1.82, 2.24) is 4.98 Å². The highest BCUT2D eigenvalue weighted by Gasteiger charge is 2.21. The molecule has 0 amide bonds. The molecular formula is C24H17Cl3N4. The number of pyridine rings is 1. The molecule has 31 heavy (non-hydrogen) atoms. The van der Waals surface area contributed by atoms with Crippen LogP contribution in [-0.4, -0.2) is 11.2 Å². The van der Waals surface area contributed by atoms with Crippen LogP contribution in [0, 0.1) is 5.41 Å². The van der Waals surface area contributed by atoms with Crippen molar-refractivity contribution < 1.29 is 0 Å². The fraction of sp³-hybridized carbons (Fsp3) is 0. The van der Waals surface area contributed by atoms with Crippen molar-refractivity contribution in [3.63, 3.8) is 0 Å². The Balaban J connectivity index is 2.01. The van der Waals surface area contributed by atoms with E-state index in [1.807, 2.05) is 48.5 Å². The third kappa shape index (κ3) is 4.37. The fourth-order valence-corrected chi connectivity index (χ4v) is 3.93. The maximum Gasteiger partial charge on any atom is 0.142 e. The highest BCUT2D eigenvalue weighted by Crippen LogP contribution is 2.42. The lowest BCUT2D eigenvalue weighted by Crippen LogP contribution is -2.07. The summed E-state index contributed by atoms with van der Waals surface area (Å²) >= 11 is 18.7. The van der Waals surface area contributed by atoms with Gasteiger partial charge in [0, 0.05) is 33.1 Å². The Bertz CT molecular complexity index is 1260. The third-order valence-electron chi connectivity index (χ3n) is 4.78. The Morgan fingerprint density at radius 3 is 2.19 bits per heavy atom. The molecule has 0 aliphatic carbocycles. The summed E-state index contributed by atoms with van der Waals surface area (Å²) in [6.45, 7) is 0. The van der Waals surface area contributed by atoms with Gasteiger partial charge in [-0.15, -0.1) is 0 Å². The molecule has 4 rings (SSSR count). The first-order valence-corrected chi connectivity index (χ1v) is 10.5. The number of rotatable bonds is 5. The number of nitrogen functional groups attached to an aromatic ring is 1. The molecule has 0 aliphatic rings. The van der Waals surface area contributed by atoms with E-state index in [-0.39, 0.29) is 0 Å². The summed E-state index contributed by atoms with van der Waals surface area (Å²) in [6, 6.07) is 22.1. The van der Waals surface area contributed by atoms with Crippen molar-refractivity contribution >= 4 is 58.2 Å². The normalized spacial score (nSPS) is 10.7. The number of para-hydroxylation sites is 1. The molecule has 1 heterocycles. The second-order valence-electron chi connectivity index (χ2n) is 6.78. The van der Waals surface area contributed by atoms with E-state index in [0.717, 1.165) is 11.3 Å². The number of hydrogen-bond acceptors (Lipinski definition) is 4. The average molecular weight is 468 g/mol. The molecule has 1 aromatic heterocycles. The van der Waals surface area contributed by atoms with Gasteiger partial charge >= 0.3 is 0 Å². The highest BCUT2D eigenvalue weighted by molar-refractivity contribution is 6.36. The molecule has 0 bridgehead atoms. The van der Waals surface area contributed by atoms with E-state index in [1.165, 1.54) is 6.21 Å². The Hall–Kier alpha value is -3.05. The zero-order valence-electron chi connectivity index (χ0n) is 16.2. The summed E-state index contributed by atoms with van der Waals surface area (Å²) in [6.07, 6.45) is 1.19. The minimum atomic E-state index is 0.409. The summed E-state index contributed by atoms with van der Waals surface area (Å²) in [4.78, 5) is 4.86. The van der Waals surface area contributed by atoms with Crippen LogP contribution < -0.4 is 11.1 Å². The van der Waals surface area contributed by atoms with Gasteiger partial charge in [0.25, 0.3) is 0 Å². The van der Waals surface area contributed by atoms with Crippen LogP contribution >= 0.6 is 34.8 Å². The number of nitrogens with one attached hydrogen (secondary N) is 2. The maximum absolute atomic E-state index is 7.98. The molecule has 0 radical (unpaired) electrons. The second kappa shape index (κ2) is 8.98. The number of hydrogen-bond donors (Lipinski definition) is 3.